The molecule has 0 atom stereocenters. The highest BCUT2D eigenvalue weighted by atomic mass is 35.5. The van der Waals surface area contributed by atoms with E-state index in [9.17, 15) is 18.0 Å². The van der Waals surface area contributed by atoms with E-state index in [1.54, 1.807) is 0 Å². The van der Waals surface area contributed by atoms with E-state index in [1.165, 1.54) is 22.6 Å². The summed E-state index contributed by atoms with van der Waals surface area (Å²) < 4.78 is 31.7. The fourth-order valence-electron chi connectivity index (χ4n) is 3.91. The number of alkyl halides is 3. The van der Waals surface area contributed by atoms with Crippen molar-refractivity contribution >= 4 is 40.5 Å². The molecule has 38 heavy (non-hydrogen) atoms. The summed E-state index contributed by atoms with van der Waals surface area (Å²) >= 11 is 7.61. The number of halogens is 4. The molecule has 1 aliphatic heterocycles. The molecule has 1 aliphatic rings. The molecule has 0 radical (unpaired) electrons. The number of carboxylic acids is 1. The quantitative estimate of drug-likeness (QED) is 0.373. The Morgan fingerprint density at radius 1 is 1.08 bits per heavy atom. The molecular weight excluding hydrogens is 539 g/mol. The number of amides is 1. The number of anilines is 1. The zero-order valence-electron chi connectivity index (χ0n) is 21.0. The second-order valence-corrected chi connectivity index (χ2v) is 10.6. The second-order valence-electron chi connectivity index (χ2n) is 9.06. The van der Waals surface area contributed by atoms with Crippen LogP contribution in [0.15, 0.2) is 60.7 Å². The fourth-order valence-corrected chi connectivity index (χ4v) is 5.00. The van der Waals surface area contributed by atoms with Crippen LogP contribution in [0, 0.1) is 0 Å². The van der Waals surface area contributed by atoms with Crippen molar-refractivity contribution in [2.45, 2.75) is 31.6 Å². The number of piperidine rings is 1. The first-order valence-corrected chi connectivity index (χ1v) is 13.1. The lowest BCUT2D eigenvalue weighted by Gasteiger charge is -2.32. The number of rotatable bonds is 6. The molecular formula is C27H29ClF3N3O3S. The number of hydrogen-bond donors (Lipinski definition) is 2. The molecule has 1 amide bonds. The number of aliphatic carboxylic acids is 1. The third kappa shape index (κ3) is 8.75. The molecule has 0 spiro atoms. The third-order valence-electron chi connectivity index (χ3n) is 5.96. The van der Waals surface area contributed by atoms with Gasteiger partial charge in [0.2, 0.25) is 0 Å². The highest BCUT2D eigenvalue weighted by Gasteiger charge is 2.38. The van der Waals surface area contributed by atoms with Gasteiger partial charge in [0.25, 0.3) is 5.91 Å². The predicted octanol–water partition coefficient (Wildman–Crippen LogP) is 6.16. The Kier molecular flexibility index (Phi) is 10.2. The topological polar surface area (TPSA) is 72.9 Å². The van der Waals surface area contributed by atoms with Gasteiger partial charge in [-0.3, -0.25) is 9.69 Å². The molecule has 0 aliphatic carbocycles. The molecule has 2 N–H and O–H groups in total. The first-order chi connectivity index (χ1) is 17.9. The third-order valence-corrected chi connectivity index (χ3v) is 7.33. The van der Waals surface area contributed by atoms with Gasteiger partial charge in [0.05, 0.1) is 4.88 Å². The molecule has 2 heterocycles. The first kappa shape index (κ1) is 29.5. The van der Waals surface area contributed by atoms with Gasteiger partial charge in [-0.1, -0.05) is 35.9 Å². The normalized spacial score (nSPS) is 14.4. The van der Waals surface area contributed by atoms with Gasteiger partial charge in [0.1, 0.15) is 0 Å². The Morgan fingerprint density at radius 2 is 1.71 bits per heavy atom. The number of carboxylic acid groups (broad SMARTS) is 1. The number of carbonyl (C=O) groups excluding carboxylic acids is 1. The van der Waals surface area contributed by atoms with E-state index in [1.807, 2.05) is 36.4 Å². The van der Waals surface area contributed by atoms with Crippen LogP contribution in [-0.4, -0.2) is 61.3 Å². The average molecular weight is 568 g/mol. The zero-order chi connectivity index (χ0) is 27.9. The lowest BCUT2D eigenvalue weighted by molar-refractivity contribution is -0.192. The van der Waals surface area contributed by atoms with Crippen molar-refractivity contribution < 1.29 is 27.9 Å². The summed E-state index contributed by atoms with van der Waals surface area (Å²) in [5.74, 6) is -2.73. The predicted molar refractivity (Wildman–Crippen MR) is 145 cm³/mol. The van der Waals surface area contributed by atoms with Gasteiger partial charge in [-0.05, 0) is 60.4 Å². The SMILES string of the molecule is CN(C)c1ccc(CN2CCC(NC(=O)c3ccc(-c4cccc(Cl)c4)s3)CC2)cc1.O=C(O)C(F)(F)F. The van der Waals surface area contributed by atoms with Gasteiger partial charge in [-0.2, -0.15) is 13.2 Å². The van der Waals surface area contributed by atoms with Crippen molar-refractivity contribution in [3.63, 3.8) is 0 Å². The van der Waals surface area contributed by atoms with Crippen LogP contribution in [0.25, 0.3) is 10.4 Å². The van der Waals surface area contributed by atoms with Crippen molar-refractivity contribution in [1.29, 1.82) is 0 Å². The molecule has 1 aromatic heterocycles. The van der Waals surface area contributed by atoms with Gasteiger partial charge in [-0.15, -0.1) is 11.3 Å². The lowest BCUT2D eigenvalue weighted by atomic mass is 10.0. The van der Waals surface area contributed by atoms with Crippen LogP contribution in [0.5, 0.6) is 0 Å². The summed E-state index contributed by atoms with van der Waals surface area (Å²) in [6.07, 6.45) is -3.12. The van der Waals surface area contributed by atoms with Crippen LogP contribution in [0.4, 0.5) is 18.9 Å². The standard InChI is InChI=1S/C25H28ClN3OS.C2HF3O2/c1-28(2)22-8-6-18(7-9-22)17-29-14-12-21(13-15-29)27-25(30)24-11-10-23(31-24)19-4-3-5-20(26)16-19;3-2(4,5)1(6)7/h3-11,16,21H,12-15,17H2,1-2H3,(H,27,30);(H,6,7). The van der Waals surface area contributed by atoms with Gasteiger partial charge in [0, 0.05) is 55.4 Å². The van der Waals surface area contributed by atoms with Crippen molar-refractivity contribution in [1.82, 2.24) is 10.2 Å². The van der Waals surface area contributed by atoms with Crippen LogP contribution < -0.4 is 10.2 Å². The minimum Gasteiger partial charge on any atom is -0.475 e. The Labute approximate surface area is 228 Å². The van der Waals surface area contributed by atoms with E-state index < -0.39 is 12.1 Å². The van der Waals surface area contributed by atoms with E-state index in [0.29, 0.717) is 5.02 Å². The maximum absolute atomic E-state index is 12.7. The number of nitrogens with zero attached hydrogens (tertiary/aromatic N) is 2. The minimum absolute atomic E-state index is 0.0241. The van der Waals surface area contributed by atoms with Crippen molar-refractivity contribution in [2.24, 2.45) is 0 Å². The van der Waals surface area contributed by atoms with Crippen molar-refractivity contribution in [3.05, 3.63) is 76.1 Å². The first-order valence-electron chi connectivity index (χ1n) is 11.9. The van der Waals surface area contributed by atoms with E-state index in [-0.39, 0.29) is 11.9 Å². The molecule has 6 nitrogen and oxygen atoms in total. The molecule has 1 saturated heterocycles. The summed E-state index contributed by atoms with van der Waals surface area (Å²) in [5, 5.41) is 11.1. The maximum Gasteiger partial charge on any atom is 0.490 e. The maximum atomic E-state index is 12.7. The van der Waals surface area contributed by atoms with Crippen LogP contribution in [0.3, 0.4) is 0 Å². The molecule has 0 bridgehead atoms. The van der Waals surface area contributed by atoms with Crippen LogP contribution in [-0.2, 0) is 11.3 Å². The van der Waals surface area contributed by atoms with Gasteiger partial charge < -0.3 is 15.3 Å². The lowest BCUT2D eigenvalue weighted by Crippen LogP contribution is -2.44. The monoisotopic (exact) mass is 567 g/mol. The molecule has 11 heteroatoms. The molecule has 1 fully saturated rings. The molecule has 0 unspecified atom stereocenters. The Morgan fingerprint density at radius 3 is 2.26 bits per heavy atom. The van der Waals surface area contributed by atoms with E-state index in [0.717, 1.165) is 47.8 Å². The number of benzene rings is 2. The summed E-state index contributed by atoms with van der Waals surface area (Å²) in [7, 11) is 4.12. The van der Waals surface area contributed by atoms with E-state index >= 15 is 0 Å². The van der Waals surface area contributed by atoms with Gasteiger partial charge in [-0.25, -0.2) is 4.79 Å². The molecule has 2 aromatic carbocycles. The van der Waals surface area contributed by atoms with Gasteiger partial charge >= 0.3 is 12.1 Å². The summed E-state index contributed by atoms with van der Waals surface area (Å²) in [4.78, 5) is 28.0. The van der Waals surface area contributed by atoms with E-state index in [4.69, 9.17) is 21.5 Å². The Hall–Kier alpha value is -3.08. The summed E-state index contributed by atoms with van der Waals surface area (Å²) in [6, 6.07) is 20.6. The second kappa shape index (κ2) is 13.1. The molecule has 0 saturated carbocycles. The summed E-state index contributed by atoms with van der Waals surface area (Å²) in [6.45, 7) is 2.96. The Bertz CT molecular complexity index is 1220. The van der Waals surface area contributed by atoms with Crippen LogP contribution in [0.2, 0.25) is 5.02 Å². The minimum atomic E-state index is -5.08. The van der Waals surface area contributed by atoms with Crippen LogP contribution >= 0.6 is 22.9 Å². The highest BCUT2D eigenvalue weighted by molar-refractivity contribution is 7.17. The van der Waals surface area contributed by atoms with Crippen molar-refractivity contribution in [3.8, 4) is 10.4 Å². The summed E-state index contributed by atoms with van der Waals surface area (Å²) in [5.41, 5.74) is 3.60. The Balaban J connectivity index is 0.000000505. The number of nitrogens with one attached hydrogen (secondary N) is 1. The van der Waals surface area contributed by atoms with Crippen molar-refractivity contribution in [2.75, 3.05) is 32.1 Å². The molecule has 3 aromatic rings. The number of likely N-dealkylation sites (tertiary alicyclic amines) is 1. The molecule has 204 valence electrons. The van der Waals surface area contributed by atoms with Gasteiger partial charge in [0.15, 0.2) is 0 Å². The van der Waals surface area contributed by atoms with E-state index in [2.05, 4.69) is 53.5 Å². The average Bonchev–Trinajstić information content (AvgIpc) is 3.36. The fraction of sp³-hybridized carbons (Fsp3) is 0.333. The largest absolute Gasteiger partial charge is 0.490 e. The zero-order valence-corrected chi connectivity index (χ0v) is 22.5. The number of carbonyl (C=O) groups is 2. The highest BCUT2D eigenvalue weighted by Crippen LogP contribution is 2.30. The smallest absolute Gasteiger partial charge is 0.475 e. The molecule has 4 rings (SSSR count). The number of hydrogen-bond acceptors (Lipinski definition) is 5. The number of thiophene rings is 1. The van der Waals surface area contributed by atoms with Crippen LogP contribution in [0.1, 0.15) is 28.1 Å².